The fraction of sp³-hybridized carbons (Fsp3) is 0.222. The van der Waals surface area contributed by atoms with E-state index in [1.54, 1.807) is 26.2 Å². The van der Waals surface area contributed by atoms with Crippen LogP contribution in [-0.4, -0.2) is 29.1 Å². The summed E-state index contributed by atoms with van der Waals surface area (Å²) in [5, 5.41) is 0. The second kappa shape index (κ2) is 4.20. The van der Waals surface area contributed by atoms with Crippen LogP contribution in [0.15, 0.2) is 29.2 Å². The first-order chi connectivity index (χ1) is 6.82. The van der Waals surface area contributed by atoms with Crippen molar-refractivity contribution in [1.82, 2.24) is 4.90 Å². The van der Waals surface area contributed by atoms with Crippen LogP contribution in [0, 0.1) is 4.78 Å². The summed E-state index contributed by atoms with van der Waals surface area (Å²) in [5.41, 5.74) is 0.373. The summed E-state index contributed by atoms with van der Waals surface area (Å²) < 4.78 is 18.4. The van der Waals surface area contributed by atoms with Gasteiger partial charge in [-0.15, -0.1) is 0 Å². The second-order valence-electron chi connectivity index (χ2n) is 3.21. The molecule has 1 aromatic carbocycles. The number of halogens is 1. The number of hydrogen-bond donors (Lipinski definition) is 1. The monoisotopic (exact) mass is 246 g/mol. The average molecular weight is 247 g/mol. The van der Waals surface area contributed by atoms with Gasteiger partial charge in [-0.3, -0.25) is 4.79 Å². The molecule has 0 aromatic heterocycles. The molecule has 1 amide bonds. The van der Waals surface area contributed by atoms with Crippen LogP contribution < -0.4 is 0 Å². The minimum Gasteiger partial charge on any atom is -0.345 e. The largest absolute Gasteiger partial charge is 0.345 e. The third-order valence-electron chi connectivity index (χ3n) is 1.79. The molecule has 0 bridgehead atoms. The van der Waals surface area contributed by atoms with Gasteiger partial charge < -0.3 is 4.90 Å². The van der Waals surface area contributed by atoms with Crippen molar-refractivity contribution in [3.05, 3.63) is 29.8 Å². The molecular formula is C9H11ClN2O2S. The van der Waals surface area contributed by atoms with E-state index in [-0.39, 0.29) is 10.8 Å². The first kappa shape index (κ1) is 12.0. The number of carbonyl (C=O) groups excluding carboxylic acids is 1. The highest BCUT2D eigenvalue weighted by Gasteiger charge is 2.11. The number of nitrogens with zero attached hydrogens (tertiary/aromatic N) is 1. The van der Waals surface area contributed by atoms with Crippen LogP contribution in [0.25, 0.3) is 0 Å². The molecule has 0 radical (unpaired) electrons. The summed E-state index contributed by atoms with van der Waals surface area (Å²) in [6.07, 6.45) is 0. The molecule has 6 heteroatoms. The maximum Gasteiger partial charge on any atom is 0.253 e. The smallest absolute Gasteiger partial charge is 0.253 e. The van der Waals surface area contributed by atoms with Crippen LogP contribution in [0.3, 0.4) is 0 Å². The first-order valence-electron chi connectivity index (χ1n) is 4.12. The molecule has 0 aliphatic heterocycles. The second-order valence-corrected chi connectivity index (χ2v) is 5.96. The van der Waals surface area contributed by atoms with E-state index in [9.17, 15) is 9.00 Å². The third kappa shape index (κ3) is 2.94. The number of carbonyl (C=O) groups is 1. The molecule has 0 aliphatic carbocycles. The van der Waals surface area contributed by atoms with E-state index >= 15 is 0 Å². The van der Waals surface area contributed by atoms with Crippen molar-refractivity contribution in [2.24, 2.45) is 0 Å². The standard InChI is InChI=1S/C9H11ClN2O2S/c1-12(2)9(13)7-4-3-5-8(6-7)15(10,11)14/h3-6,11H,1-2H3. The van der Waals surface area contributed by atoms with Crippen LogP contribution in [0.2, 0.25) is 0 Å². The number of amides is 1. The molecular weight excluding hydrogens is 236 g/mol. The summed E-state index contributed by atoms with van der Waals surface area (Å²) in [5.74, 6) is -0.211. The predicted molar refractivity (Wildman–Crippen MR) is 59.4 cm³/mol. The van der Waals surface area contributed by atoms with Crippen molar-refractivity contribution in [3.8, 4) is 0 Å². The Morgan fingerprint density at radius 3 is 2.53 bits per heavy atom. The van der Waals surface area contributed by atoms with Gasteiger partial charge in [0.1, 0.15) is 0 Å². The molecule has 1 N–H and O–H groups in total. The zero-order chi connectivity index (χ0) is 11.6. The first-order valence-corrected chi connectivity index (χ1v) is 6.51. The molecule has 1 aromatic rings. The Kier molecular flexibility index (Phi) is 3.36. The zero-order valence-electron chi connectivity index (χ0n) is 8.36. The molecule has 82 valence electrons. The van der Waals surface area contributed by atoms with Crippen molar-refractivity contribution in [2.45, 2.75) is 4.90 Å². The summed E-state index contributed by atoms with van der Waals surface area (Å²) >= 11 is 0. The number of rotatable bonds is 2. The van der Waals surface area contributed by atoms with Gasteiger partial charge in [-0.25, -0.2) is 8.99 Å². The Bertz CT molecular complexity index is 483. The quantitative estimate of drug-likeness (QED) is 0.811. The average Bonchev–Trinajstić information content (AvgIpc) is 2.15. The maximum absolute atomic E-state index is 11.6. The SMILES string of the molecule is CN(C)C(=O)c1cccc(S(=N)(=O)Cl)c1. The van der Waals surface area contributed by atoms with Crippen LogP contribution in [-0.2, 0) is 8.94 Å². The summed E-state index contributed by atoms with van der Waals surface area (Å²) in [4.78, 5) is 13.1. The Morgan fingerprint density at radius 2 is 2.07 bits per heavy atom. The molecule has 1 rings (SSSR count). The van der Waals surface area contributed by atoms with Crippen molar-refractivity contribution < 1.29 is 9.00 Å². The van der Waals surface area contributed by atoms with E-state index in [1.165, 1.54) is 17.0 Å². The molecule has 0 fully saturated rings. The lowest BCUT2D eigenvalue weighted by Gasteiger charge is -2.10. The number of hydrogen-bond acceptors (Lipinski definition) is 3. The van der Waals surface area contributed by atoms with E-state index in [4.69, 9.17) is 15.5 Å². The fourth-order valence-electron chi connectivity index (χ4n) is 1.05. The molecule has 4 nitrogen and oxygen atoms in total. The van der Waals surface area contributed by atoms with Crippen LogP contribution in [0.1, 0.15) is 10.4 Å². The van der Waals surface area contributed by atoms with Gasteiger partial charge in [-0.05, 0) is 18.2 Å². The Hall–Kier alpha value is -1.07. The lowest BCUT2D eigenvalue weighted by molar-refractivity contribution is 0.0827. The van der Waals surface area contributed by atoms with E-state index in [0.29, 0.717) is 5.56 Å². The lowest BCUT2D eigenvalue weighted by Crippen LogP contribution is -2.21. The van der Waals surface area contributed by atoms with E-state index in [1.807, 2.05) is 0 Å². The molecule has 1 unspecified atom stereocenters. The lowest BCUT2D eigenvalue weighted by atomic mass is 10.2. The normalized spacial score (nSPS) is 14.3. The topological polar surface area (TPSA) is 61.2 Å². The van der Waals surface area contributed by atoms with Crippen molar-refractivity contribution in [2.75, 3.05) is 14.1 Å². The predicted octanol–water partition coefficient (Wildman–Crippen LogP) is 1.95. The highest BCUT2D eigenvalue weighted by Crippen LogP contribution is 2.17. The molecule has 0 spiro atoms. The molecule has 0 saturated heterocycles. The van der Waals surface area contributed by atoms with Gasteiger partial charge in [0, 0.05) is 30.3 Å². The van der Waals surface area contributed by atoms with Crippen molar-refractivity contribution in [3.63, 3.8) is 0 Å². The van der Waals surface area contributed by atoms with Gasteiger partial charge in [0.2, 0.25) is 0 Å². The van der Waals surface area contributed by atoms with Crippen molar-refractivity contribution >= 4 is 25.5 Å². The van der Waals surface area contributed by atoms with Gasteiger partial charge in [0.05, 0.1) is 4.90 Å². The third-order valence-corrected chi connectivity index (χ3v) is 3.19. The molecule has 0 saturated carbocycles. The summed E-state index contributed by atoms with van der Waals surface area (Å²) in [6, 6.07) is 6.00. The summed E-state index contributed by atoms with van der Waals surface area (Å²) in [7, 11) is 5.34. The minimum absolute atomic E-state index is 0.150. The Balaban J connectivity index is 3.20. The maximum atomic E-state index is 11.6. The van der Waals surface area contributed by atoms with Gasteiger partial charge >= 0.3 is 0 Å². The summed E-state index contributed by atoms with van der Waals surface area (Å²) in [6.45, 7) is 0. The van der Waals surface area contributed by atoms with Crippen LogP contribution >= 0.6 is 10.7 Å². The number of nitrogens with one attached hydrogen (secondary N) is 1. The highest BCUT2D eigenvalue weighted by molar-refractivity contribution is 8.14. The van der Waals surface area contributed by atoms with Gasteiger partial charge in [-0.1, -0.05) is 6.07 Å². The minimum atomic E-state index is -3.28. The Labute approximate surface area is 93.3 Å². The van der Waals surface area contributed by atoms with Crippen molar-refractivity contribution in [1.29, 1.82) is 4.78 Å². The van der Waals surface area contributed by atoms with E-state index in [0.717, 1.165) is 0 Å². The fourth-order valence-corrected chi connectivity index (χ4v) is 1.87. The van der Waals surface area contributed by atoms with Gasteiger partial charge in [0.15, 0.2) is 8.94 Å². The molecule has 1 atom stereocenters. The molecule has 0 heterocycles. The number of benzene rings is 1. The molecule has 0 aliphatic rings. The van der Waals surface area contributed by atoms with Gasteiger partial charge in [0.25, 0.3) is 5.91 Å². The van der Waals surface area contributed by atoms with Gasteiger partial charge in [-0.2, -0.15) is 0 Å². The van der Waals surface area contributed by atoms with E-state index in [2.05, 4.69) is 0 Å². The van der Waals surface area contributed by atoms with Crippen LogP contribution in [0.5, 0.6) is 0 Å². The highest BCUT2D eigenvalue weighted by atomic mass is 35.7. The zero-order valence-corrected chi connectivity index (χ0v) is 9.93. The Morgan fingerprint density at radius 1 is 1.47 bits per heavy atom. The van der Waals surface area contributed by atoms with Crippen LogP contribution in [0.4, 0.5) is 0 Å². The molecule has 15 heavy (non-hydrogen) atoms. The van der Waals surface area contributed by atoms with E-state index < -0.39 is 8.94 Å².